The third-order valence-corrected chi connectivity index (χ3v) is 8.18. The molecule has 2 aromatic carbocycles. The summed E-state index contributed by atoms with van der Waals surface area (Å²) in [6.45, 7) is 2.94. The average Bonchev–Trinajstić information content (AvgIpc) is 3.30. The second kappa shape index (κ2) is 10.6. The number of oxime groups is 1. The number of fused-ring (bicyclic) bond motifs is 3. The first kappa shape index (κ1) is 24.7. The fourth-order valence-electron chi connectivity index (χ4n) is 5.91. The molecule has 0 radical (unpaired) electrons. The maximum atomic E-state index is 13.0. The van der Waals surface area contributed by atoms with Crippen molar-refractivity contribution < 1.29 is 18.8 Å². The van der Waals surface area contributed by atoms with Crippen LogP contribution in [0.2, 0.25) is 0 Å². The smallest absolute Gasteiger partial charge is 0.338 e. The summed E-state index contributed by atoms with van der Waals surface area (Å²) in [4.78, 5) is 30.7. The van der Waals surface area contributed by atoms with Gasteiger partial charge in [0.15, 0.2) is 5.76 Å². The maximum Gasteiger partial charge on any atom is 0.338 e. The second-order valence-electron chi connectivity index (χ2n) is 10.8. The highest BCUT2D eigenvalue weighted by atomic mass is 16.7. The Morgan fingerprint density at radius 3 is 2.34 bits per heavy atom. The van der Waals surface area contributed by atoms with Gasteiger partial charge in [0.05, 0.1) is 17.9 Å². The zero-order valence-electron chi connectivity index (χ0n) is 21.9. The summed E-state index contributed by atoms with van der Waals surface area (Å²) in [6.07, 6.45) is 11.6. The Morgan fingerprint density at radius 1 is 0.974 bits per heavy atom. The largest absolute Gasteiger partial charge is 0.461 e. The second-order valence-corrected chi connectivity index (χ2v) is 10.8. The lowest BCUT2D eigenvalue weighted by atomic mass is 9.96. The van der Waals surface area contributed by atoms with E-state index in [1.807, 2.05) is 18.2 Å². The lowest BCUT2D eigenvalue weighted by Gasteiger charge is -2.11. The number of hydrogen-bond donors (Lipinski definition) is 0. The molecule has 2 aliphatic carbocycles. The van der Waals surface area contributed by atoms with E-state index in [-0.39, 0.29) is 17.7 Å². The minimum absolute atomic E-state index is 0.00798. The van der Waals surface area contributed by atoms with Crippen LogP contribution in [0.4, 0.5) is 0 Å². The van der Waals surface area contributed by atoms with Crippen molar-refractivity contribution >= 4 is 39.3 Å². The summed E-state index contributed by atoms with van der Waals surface area (Å²) in [7, 11) is 0. The van der Waals surface area contributed by atoms with Gasteiger partial charge in [0.1, 0.15) is 0 Å². The van der Waals surface area contributed by atoms with E-state index in [9.17, 15) is 9.59 Å². The van der Waals surface area contributed by atoms with Crippen LogP contribution in [0.1, 0.15) is 86.4 Å². The molecular formula is C32H34N2O4. The molecule has 0 atom stereocenters. The number of ketones is 1. The van der Waals surface area contributed by atoms with Gasteiger partial charge >= 0.3 is 5.97 Å². The molecule has 4 aromatic rings. The predicted octanol–water partition coefficient (Wildman–Crippen LogP) is 7.66. The third-order valence-electron chi connectivity index (χ3n) is 8.18. The van der Waals surface area contributed by atoms with Gasteiger partial charge in [-0.3, -0.25) is 4.79 Å². The van der Waals surface area contributed by atoms with Crippen LogP contribution in [0.5, 0.6) is 0 Å². The van der Waals surface area contributed by atoms with Crippen LogP contribution in [0.25, 0.3) is 21.8 Å². The van der Waals surface area contributed by atoms with Crippen molar-refractivity contribution in [3.63, 3.8) is 0 Å². The number of furan rings is 1. The van der Waals surface area contributed by atoms with Gasteiger partial charge in [-0.2, -0.15) is 0 Å². The Hall–Kier alpha value is -3.67. The van der Waals surface area contributed by atoms with E-state index in [0.717, 1.165) is 71.2 Å². The van der Waals surface area contributed by atoms with Crippen molar-refractivity contribution in [2.45, 2.75) is 71.3 Å². The van der Waals surface area contributed by atoms with E-state index in [4.69, 9.17) is 9.25 Å². The highest BCUT2D eigenvalue weighted by molar-refractivity contribution is 6.15. The number of carbonyl (C=O) groups is 2. The van der Waals surface area contributed by atoms with Crippen LogP contribution in [0.15, 0.2) is 64.4 Å². The molecule has 0 amide bonds. The molecule has 0 spiro atoms. The molecular weight excluding hydrogens is 476 g/mol. The van der Waals surface area contributed by atoms with E-state index in [0.29, 0.717) is 11.3 Å². The minimum Gasteiger partial charge on any atom is -0.461 e. The van der Waals surface area contributed by atoms with Crippen molar-refractivity contribution in [2.24, 2.45) is 17.0 Å². The normalized spacial score (nSPS) is 16.5. The molecule has 6 rings (SSSR count). The summed E-state index contributed by atoms with van der Waals surface area (Å²) < 4.78 is 7.62. The van der Waals surface area contributed by atoms with Crippen molar-refractivity contribution in [2.75, 3.05) is 0 Å². The number of rotatable bonds is 10. The van der Waals surface area contributed by atoms with Gasteiger partial charge in [0.2, 0.25) is 5.78 Å². The lowest BCUT2D eigenvalue weighted by molar-refractivity contribution is -0.145. The van der Waals surface area contributed by atoms with Crippen LogP contribution < -0.4 is 0 Å². The molecule has 196 valence electrons. The fraction of sp³-hybridized carbons (Fsp3) is 0.406. The van der Waals surface area contributed by atoms with E-state index in [2.05, 4.69) is 34.8 Å². The molecule has 2 aromatic heterocycles. The average molecular weight is 511 g/mol. The zero-order chi connectivity index (χ0) is 26.1. The minimum atomic E-state index is -0.219. The summed E-state index contributed by atoms with van der Waals surface area (Å²) in [6, 6.07) is 15.6. The standard InChI is InChI=1S/C32H34N2O4/c1-2-34-28-16-14-23(27(33-38-32(36)22-12-13-22)10-5-9-21-7-3-4-8-21)19-25(28)26-20-24(15-17-29(26)34)31(35)30-11-6-18-37-30/h6,11,14-22H,2-5,7-10,12-13H2,1H3/b33-27+. The number of carbonyl (C=O) groups excluding carboxylic acids is 2. The Morgan fingerprint density at radius 2 is 1.68 bits per heavy atom. The third kappa shape index (κ3) is 4.92. The molecule has 2 heterocycles. The molecule has 0 saturated heterocycles. The van der Waals surface area contributed by atoms with Gasteiger partial charge in [-0.15, -0.1) is 0 Å². The Labute approximate surface area is 222 Å². The van der Waals surface area contributed by atoms with E-state index < -0.39 is 0 Å². The first-order valence-corrected chi connectivity index (χ1v) is 14.0. The van der Waals surface area contributed by atoms with Gasteiger partial charge in [-0.05, 0) is 81.0 Å². The monoisotopic (exact) mass is 510 g/mol. The van der Waals surface area contributed by atoms with Crippen LogP contribution >= 0.6 is 0 Å². The maximum absolute atomic E-state index is 13.0. The topological polar surface area (TPSA) is 73.8 Å². The molecule has 0 N–H and O–H groups in total. The number of aryl methyl sites for hydroxylation is 1. The van der Waals surface area contributed by atoms with Crippen LogP contribution in [-0.2, 0) is 16.2 Å². The molecule has 2 fully saturated rings. The van der Waals surface area contributed by atoms with Crippen LogP contribution in [0, 0.1) is 11.8 Å². The first-order chi connectivity index (χ1) is 18.6. The SMILES string of the molecule is CCn1c2ccc(C(=O)c3ccco3)cc2c2cc(/C(CCCC3CCCC3)=N/OC(=O)C3CC3)ccc21. The molecule has 38 heavy (non-hydrogen) atoms. The number of benzene rings is 2. The van der Waals surface area contributed by atoms with Gasteiger partial charge in [-0.25, -0.2) is 4.79 Å². The molecule has 0 aliphatic heterocycles. The summed E-state index contributed by atoms with van der Waals surface area (Å²) in [5, 5.41) is 6.48. The van der Waals surface area contributed by atoms with Crippen molar-refractivity contribution in [3.8, 4) is 0 Å². The van der Waals surface area contributed by atoms with Crippen molar-refractivity contribution in [1.82, 2.24) is 4.57 Å². The number of hydrogen-bond acceptors (Lipinski definition) is 5. The molecule has 6 heteroatoms. The van der Waals surface area contributed by atoms with Crippen LogP contribution in [0.3, 0.4) is 0 Å². The molecule has 2 aliphatic rings. The van der Waals surface area contributed by atoms with E-state index in [1.54, 1.807) is 12.1 Å². The molecule has 2 saturated carbocycles. The quantitative estimate of drug-likeness (QED) is 0.0950. The van der Waals surface area contributed by atoms with Gasteiger partial charge in [0.25, 0.3) is 0 Å². The van der Waals surface area contributed by atoms with Crippen molar-refractivity contribution in [3.05, 3.63) is 71.7 Å². The summed E-state index contributed by atoms with van der Waals surface area (Å²) in [5.41, 5.74) is 4.56. The van der Waals surface area contributed by atoms with Crippen LogP contribution in [-0.4, -0.2) is 22.0 Å². The Kier molecular flexibility index (Phi) is 6.88. The zero-order valence-corrected chi connectivity index (χ0v) is 21.9. The number of aromatic nitrogens is 1. The van der Waals surface area contributed by atoms with Gasteiger partial charge in [0, 0.05) is 39.5 Å². The van der Waals surface area contributed by atoms with E-state index in [1.165, 1.54) is 38.4 Å². The summed E-state index contributed by atoms with van der Waals surface area (Å²) in [5.74, 6) is 0.794. The highest BCUT2D eigenvalue weighted by Gasteiger charge is 2.32. The highest BCUT2D eigenvalue weighted by Crippen LogP contribution is 2.33. The molecule has 0 bridgehead atoms. The Balaban J connectivity index is 1.36. The molecule has 0 unspecified atom stereocenters. The summed E-state index contributed by atoms with van der Waals surface area (Å²) >= 11 is 0. The molecule has 6 nitrogen and oxygen atoms in total. The fourth-order valence-corrected chi connectivity index (χ4v) is 5.91. The van der Waals surface area contributed by atoms with E-state index >= 15 is 0 Å². The van der Waals surface area contributed by atoms with Gasteiger partial charge in [-0.1, -0.05) is 43.3 Å². The lowest BCUT2D eigenvalue weighted by Crippen LogP contribution is -2.08. The van der Waals surface area contributed by atoms with Gasteiger partial charge < -0.3 is 13.8 Å². The number of nitrogens with zero attached hydrogens (tertiary/aromatic N) is 2. The predicted molar refractivity (Wildman–Crippen MR) is 148 cm³/mol. The Bertz CT molecular complexity index is 1500. The van der Waals surface area contributed by atoms with Crippen molar-refractivity contribution in [1.29, 1.82) is 0 Å². The first-order valence-electron chi connectivity index (χ1n) is 14.0.